The first kappa shape index (κ1) is 19.6. The summed E-state index contributed by atoms with van der Waals surface area (Å²) in [6.45, 7) is 3.36. The number of ether oxygens (including phenoxy) is 3. The summed E-state index contributed by atoms with van der Waals surface area (Å²) in [7, 11) is 3.25. The fraction of sp³-hybridized carbons (Fsp3) is 0.455. The summed E-state index contributed by atoms with van der Waals surface area (Å²) in [5, 5.41) is 3.43. The first-order valence-corrected chi connectivity index (χ1v) is 9.42. The average Bonchev–Trinajstić information content (AvgIpc) is 3.51. The normalized spacial score (nSPS) is 16.0. The van der Waals surface area contributed by atoms with Crippen molar-refractivity contribution < 1.29 is 18.6 Å². The van der Waals surface area contributed by atoms with E-state index in [2.05, 4.69) is 5.32 Å². The molecule has 0 aromatic heterocycles. The van der Waals surface area contributed by atoms with Crippen LogP contribution < -0.4 is 14.8 Å². The first-order valence-electron chi connectivity index (χ1n) is 9.42. The lowest BCUT2D eigenvalue weighted by molar-refractivity contribution is 0.0700. The summed E-state index contributed by atoms with van der Waals surface area (Å²) in [5.41, 5.74) is 1.64. The van der Waals surface area contributed by atoms with Crippen molar-refractivity contribution in [2.45, 2.75) is 38.5 Å². The van der Waals surface area contributed by atoms with Crippen LogP contribution in [0.5, 0.6) is 11.5 Å². The molecular weight excluding hydrogens is 345 g/mol. The van der Waals surface area contributed by atoms with E-state index < -0.39 is 0 Å². The van der Waals surface area contributed by atoms with E-state index in [0.717, 1.165) is 23.7 Å². The monoisotopic (exact) mass is 373 g/mol. The average molecular weight is 373 g/mol. The Hall–Kier alpha value is -2.11. The molecule has 2 aromatic rings. The molecule has 27 heavy (non-hydrogen) atoms. The Kier molecular flexibility index (Phi) is 6.69. The van der Waals surface area contributed by atoms with Crippen LogP contribution in [0.4, 0.5) is 4.39 Å². The van der Waals surface area contributed by atoms with Crippen LogP contribution in [0.1, 0.15) is 37.0 Å². The summed E-state index contributed by atoms with van der Waals surface area (Å²) in [4.78, 5) is 0. The van der Waals surface area contributed by atoms with E-state index in [4.69, 9.17) is 14.2 Å². The van der Waals surface area contributed by atoms with Gasteiger partial charge in [-0.15, -0.1) is 0 Å². The number of methoxy groups -OCH3 is 2. The molecule has 2 aromatic carbocycles. The summed E-state index contributed by atoms with van der Waals surface area (Å²) in [5.74, 6) is 1.94. The molecule has 146 valence electrons. The molecule has 0 unspecified atom stereocenters. The maximum Gasteiger partial charge on any atom is 0.161 e. The van der Waals surface area contributed by atoms with E-state index in [0.29, 0.717) is 18.0 Å². The largest absolute Gasteiger partial charge is 0.493 e. The maximum atomic E-state index is 14.1. The Balaban J connectivity index is 1.64. The quantitative estimate of drug-likeness (QED) is 0.666. The Morgan fingerprint density at radius 1 is 1.11 bits per heavy atom. The second-order valence-electron chi connectivity index (χ2n) is 7.09. The zero-order valence-corrected chi connectivity index (χ0v) is 16.2. The molecule has 0 amide bonds. The van der Waals surface area contributed by atoms with Crippen molar-refractivity contribution in [2.24, 2.45) is 5.92 Å². The highest BCUT2D eigenvalue weighted by atomic mass is 19.1. The van der Waals surface area contributed by atoms with E-state index in [1.165, 1.54) is 18.9 Å². The second-order valence-corrected chi connectivity index (χ2v) is 7.09. The van der Waals surface area contributed by atoms with Gasteiger partial charge in [0.1, 0.15) is 5.82 Å². The van der Waals surface area contributed by atoms with Gasteiger partial charge in [-0.1, -0.05) is 24.3 Å². The second kappa shape index (κ2) is 9.20. The van der Waals surface area contributed by atoms with Crippen molar-refractivity contribution in [2.75, 3.05) is 20.8 Å². The van der Waals surface area contributed by atoms with Gasteiger partial charge in [-0.3, -0.25) is 0 Å². The third kappa shape index (κ3) is 5.21. The minimum atomic E-state index is -0.366. The van der Waals surface area contributed by atoms with Crippen molar-refractivity contribution in [3.05, 3.63) is 59.4 Å². The highest BCUT2D eigenvalue weighted by molar-refractivity contribution is 5.43. The zero-order valence-electron chi connectivity index (χ0n) is 16.2. The lowest BCUT2D eigenvalue weighted by atomic mass is 10.0. The number of hydrogen-bond acceptors (Lipinski definition) is 4. The van der Waals surface area contributed by atoms with Gasteiger partial charge in [0.05, 0.1) is 19.8 Å². The topological polar surface area (TPSA) is 39.7 Å². The predicted octanol–water partition coefficient (Wildman–Crippen LogP) is 4.49. The summed E-state index contributed by atoms with van der Waals surface area (Å²) >= 11 is 0. The maximum absolute atomic E-state index is 14.1. The third-order valence-electron chi connectivity index (χ3n) is 4.95. The lowest BCUT2D eigenvalue weighted by Gasteiger charge is -2.25. The van der Waals surface area contributed by atoms with Crippen LogP contribution in [-0.2, 0) is 11.3 Å². The van der Waals surface area contributed by atoms with Crippen LogP contribution in [0.3, 0.4) is 0 Å². The first-order chi connectivity index (χ1) is 13.1. The van der Waals surface area contributed by atoms with Gasteiger partial charge < -0.3 is 19.5 Å². The third-order valence-corrected chi connectivity index (χ3v) is 4.95. The molecular formula is C22H28FNO3. The van der Waals surface area contributed by atoms with Gasteiger partial charge in [0, 0.05) is 25.3 Å². The Bertz CT molecular complexity index is 748. The van der Waals surface area contributed by atoms with E-state index in [9.17, 15) is 4.39 Å². The van der Waals surface area contributed by atoms with Crippen molar-refractivity contribution in [3.8, 4) is 11.5 Å². The van der Waals surface area contributed by atoms with Gasteiger partial charge in [0.25, 0.3) is 0 Å². The van der Waals surface area contributed by atoms with Gasteiger partial charge in [0.15, 0.2) is 11.5 Å². The van der Waals surface area contributed by atoms with E-state index >= 15 is 0 Å². The number of rotatable bonds is 10. The van der Waals surface area contributed by atoms with Gasteiger partial charge in [-0.05, 0) is 49.4 Å². The zero-order chi connectivity index (χ0) is 19.2. The molecule has 1 saturated carbocycles. The van der Waals surface area contributed by atoms with Crippen LogP contribution in [0, 0.1) is 11.7 Å². The smallest absolute Gasteiger partial charge is 0.161 e. The van der Waals surface area contributed by atoms with E-state index in [1.807, 2.05) is 31.2 Å². The van der Waals surface area contributed by atoms with Crippen LogP contribution in [0.2, 0.25) is 0 Å². The molecule has 0 bridgehead atoms. The highest BCUT2D eigenvalue weighted by Crippen LogP contribution is 2.33. The standard InChI is InChI=1S/C22H28FNO3/c1-15(22(26-3)18-6-4-5-7-19(18)23)24-13-17-10-11-20(25-2)21(12-17)27-14-16-8-9-16/h4-7,10-12,15-16,22,24H,8-9,13-14H2,1-3H3/t15-,22+/m1/s1. The summed E-state index contributed by atoms with van der Waals surface area (Å²) in [6.07, 6.45) is 2.13. The van der Waals surface area contributed by atoms with Gasteiger partial charge in [-0.25, -0.2) is 4.39 Å². The molecule has 0 radical (unpaired) electrons. The molecule has 1 aliphatic carbocycles. The van der Waals surface area contributed by atoms with Crippen LogP contribution >= 0.6 is 0 Å². The molecule has 3 rings (SSSR count). The van der Waals surface area contributed by atoms with Crippen molar-refractivity contribution in [1.29, 1.82) is 0 Å². The van der Waals surface area contributed by atoms with Crippen LogP contribution in [-0.4, -0.2) is 26.9 Å². The summed E-state index contributed by atoms with van der Waals surface area (Å²) in [6, 6.07) is 12.6. The van der Waals surface area contributed by atoms with Crippen molar-refractivity contribution in [3.63, 3.8) is 0 Å². The summed E-state index contributed by atoms with van der Waals surface area (Å²) < 4.78 is 31.0. The molecule has 0 heterocycles. The molecule has 1 aliphatic rings. The van der Waals surface area contributed by atoms with Gasteiger partial charge >= 0.3 is 0 Å². The number of benzene rings is 2. The SMILES string of the molecule is COc1ccc(CN[C@H](C)[C@H](OC)c2ccccc2F)cc1OCC1CC1. The number of hydrogen-bond donors (Lipinski definition) is 1. The Morgan fingerprint density at radius 2 is 1.89 bits per heavy atom. The molecule has 4 nitrogen and oxygen atoms in total. The number of nitrogens with one attached hydrogen (secondary N) is 1. The predicted molar refractivity (Wildman–Crippen MR) is 104 cm³/mol. The van der Waals surface area contributed by atoms with Crippen molar-refractivity contribution >= 4 is 0 Å². The van der Waals surface area contributed by atoms with Gasteiger partial charge in [0.2, 0.25) is 0 Å². The van der Waals surface area contributed by atoms with Crippen molar-refractivity contribution in [1.82, 2.24) is 5.32 Å². The molecule has 0 spiro atoms. The highest BCUT2D eigenvalue weighted by Gasteiger charge is 2.23. The fourth-order valence-electron chi connectivity index (χ4n) is 3.13. The van der Waals surface area contributed by atoms with Crippen LogP contribution in [0.15, 0.2) is 42.5 Å². The molecule has 0 saturated heterocycles. The molecule has 2 atom stereocenters. The molecule has 5 heteroatoms. The van der Waals surface area contributed by atoms with Gasteiger partial charge in [-0.2, -0.15) is 0 Å². The Labute approximate surface area is 160 Å². The molecule has 1 N–H and O–H groups in total. The van der Waals surface area contributed by atoms with E-state index in [1.54, 1.807) is 26.4 Å². The Morgan fingerprint density at radius 3 is 2.56 bits per heavy atom. The minimum absolute atomic E-state index is 0.0650. The van der Waals surface area contributed by atoms with E-state index in [-0.39, 0.29) is 18.0 Å². The fourth-order valence-corrected chi connectivity index (χ4v) is 3.13. The molecule has 1 fully saturated rings. The molecule has 0 aliphatic heterocycles. The van der Waals surface area contributed by atoms with Crippen LogP contribution in [0.25, 0.3) is 0 Å². The number of halogens is 1. The lowest BCUT2D eigenvalue weighted by Crippen LogP contribution is -2.33. The minimum Gasteiger partial charge on any atom is -0.493 e.